The van der Waals surface area contributed by atoms with E-state index in [-0.39, 0.29) is 35.4 Å². The van der Waals surface area contributed by atoms with Gasteiger partial charge in [0.15, 0.2) is 12.0 Å². The van der Waals surface area contributed by atoms with Gasteiger partial charge in [-0.1, -0.05) is 12.1 Å². The van der Waals surface area contributed by atoms with Gasteiger partial charge in [0, 0.05) is 12.6 Å². The maximum absolute atomic E-state index is 13.4. The Labute approximate surface area is 211 Å². The number of aromatic nitrogens is 3. The summed E-state index contributed by atoms with van der Waals surface area (Å²) in [6, 6.07) is 6.25. The number of nitrogens with zero attached hydrogens (tertiary/aromatic N) is 4. The summed E-state index contributed by atoms with van der Waals surface area (Å²) in [5, 5.41) is 46.7. The summed E-state index contributed by atoms with van der Waals surface area (Å²) in [7, 11) is 0. The molecule has 1 amide bonds. The normalized spacial score (nSPS) is 27.5. The third-order valence-electron chi connectivity index (χ3n) is 5.37. The summed E-state index contributed by atoms with van der Waals surface area (Å²) in [6.07, 6.45) is -9.57. The average molecular weight is 523 g/mol. The molecule has 1 aromatic carbocycles. The second-order valence-corrected chi connectivity index (χ2v) is 8.57. The number of carbonyl (C=O) groups is 1. The molecule has 6 N–H and O–H groups in total. The topological polar surface area (TPSA) is 201 Å². The maximum Gasteiger partial charge on any atom is 0.350 e. The molecular formula is C22H30N6O9. The van der Waals surface area contributed by atoms with Crippen molar-refractivity contribution in [3.63, 3.8) is 0 Å². The van der Waals surface area contributed by atoms with Crippen LogP contribution in [0, 0.1) is 0 Å². The van der Waals surface area contributed by atoms with Gasteiger partial charge in [0.05, 0.1) is 6.61 Å². The first kappa shape index (κ1) is 26.7. The van der Waals surface area contributed by atoms with Gasteiger partial charge in [0.2, 0.25) is 11.9 Å². The first-order chi connectivity index (χ1) is 17.7. The van der Waals surface area contributed by atoms with E-state index in [0.29, 0.717) is 6.54 Å². The fourth-order valence-corrected chi connectivity index (χ4v) is 3.63. The molecule has 0 bridgehead atoms. The van der Waals surface area contributed by atoms with Crippen LogP contribution in [-0.2, 0) is 14.3 Å². The van der Waals surface area contributed by atoms with Crippen molar-refractivity contribution in [1.29, 1.82) is 0 Å². The zero-order chi connectivity index (χ0) is 26.7. The molecule has 1 unspecified atom stereocenters. The Balaban J connectivity index is 1.61. The lowest BCUT2D eigenvalue weighted by molar-refractivity contribution is -0.323. The van der Waals surface area contributed by atoms with Gasteiger partial charge >= 0.3 is 11.9 Å². The number of anilines is 3. The van der Waals surface area contributed by atoms with Crippen molar-refractivity contribution in [2.75, 3.05) is 28.8 Å². The fourth-order valence-electron chi connectivity index (χ4n) is 3.63. The minimum atomic E-state index is -1.74. The summed E-state index contributed by atoms with van der Waals surface area (Å²) in [4.78, 5) is 31.9. The lowest BCUT2D eigenvalue weighted by Gasteiger charge is -2.41. The maximum atomic E-state index is 13.4. The average Bonchev–Trinajstić information content (AvgIpc) is 2.86. The van der Waals surface area contributed by atoms with E-state index >= 15 is 0 Å². The predicted octanol–water partition coefficient (Wildman–Crippen LogP) is -1.01. The van der Waals surface area contributed by atoms with Gasteiger partial charge < -0.3 is 50.1 Å². The van der Waals surface area contributed by atoms with E-state index in [1.54, 1.807) is 24.3 Å². The van der Waals surface area contributed by atoms with Gasteiger partial charge in [-0.25, -0.2) is 0 Å². The number of rotatable bonds is 9. The number of nitrogens with one attached hydrogen (secondary N) is 2. The monoisotopic (exact) mass is 522 g/mol. The second kappa shape index (κ2) is 11.4. The van der Waals surface area contributed by atoms with Crippen molar-refractivity contribution in [2.45, 2.75) is 63.8 Å². The van der Waals surface area contributed by atoms with E-state index in [2.05, 4.69) is 25.6 Å². The van der Waals surface area contributed by atoms with Gasteiger partial charge in [-0.15, -0.1) is 5.06 Å². The van der Waals surface area contributed by atoms with E-state index in [4.69, 9.17) is 19.0 Å². The quantitative estimate of drug-likeness (QED) is 0.234. The zero-order valence-corrected chi connectivity index (χ0v) is 20.4. The number of amides is 1. The molecule has 2 aliphatic rings. The van der Waals surface area contributed by atoms with Crippen molar-refractivity contribution in [2.24, 2.45) is 0 Å². The van der Waals surface area contributed by atoms with Crippen LogP contribution in [-0.4, -0.2) is 97.5 Å². The number of para-hydroxylation sites is 2. The predicted molar refractivity (Wildman–Crippen MR) is 127 cm³/mol. The number of hydrogen-bond acceptors (Lipinski definition) is 14. The Bertz CT molecular complexity index is 1090. The second-order valence-electron chi connectivity index (χ2n) is 8.57. The minimum absolute atomic E-state index is 0.00629. The zero-order valence-electron chi connectivity index (χ0n) is 20.4. The molecule has 0 radical (unpaired) electrons. The molecule has 2 aromatic rings. The number of aliphatic hydroxyl groups excluding tert-OH is 4. The van der Waals surface area contributed by atoms with Crippen LogP contribution in [0.3, 0.4) is 0 Å². The Morgan fingerprint density at radius 2 is 1.81 bits per heavy atom. The lowest BCUT2D eigenvalue weighted by atomic mass is 9.99. The van der Waals surface area contributed by atoms with E-state index in [1.807, 2.05) is 20.8 Å². The van der Waals surface area contributed by atoms with Crippen LogP contribution in [0.4, 0.5) is 17.6 Å². The molecule has 202 valence electrons. The van der Waals surface area contributed by atoms with Crippen LogP contribution in [0.15, 0.2) is 24.3 Å². The molecule has 0 spiro atoms. The van der Waals surface area contributed by atoms with Crippen LogP contribution in [0.5, 0.6) is 11.8 Å². The third-order valence-corrected chi connectivity index (χ3v) is 5.37. The summed E-state index contributed by atoms with van der Waals surface area (Å²) in [5.41, 5.74) is 0.227. The summed E-state index contributed by atoms with van der Waals surface area (Å²) >= 11 is 0. The highest BCUT2D eigenvalue weighted by Gasteiger charge is 2.48. The van der Waals surface area contributed by atoms with Crippen molar-refractivity contribution in [1.82, 2.24) is 15.0 Å². The van der Waals surface area contributed by atoms with Crippen LogP contribution >= 0.6 is 0 Å². The van der Waals surface area contributed by atoms with Gasteiger partial charge in [-0.3, -0.25) is 4.79 Å². The third kappa shape index (κ3) is 5.82. The smallest absolute Gasteiger partial charge is 0.350 e. The molecule has 2 aliphatic heterocycles. The number of benzene rings is 1. The highest BCUT2D eigenvalue weighted by atomic mass is 16.8. The van der Waals surface area contributed by atoms with Gasteiger partial charge in [-0.2, -0.15) is 15.0 Å². The fraction of sp³-hybridized carbons (Fsp3) is 0.545. The summed E-state index contributed by atoms with van der Waals surface area (Å²) in [5.74, 6) is -0.226. The van der Waals surface area contributed by atoms with Crippen molar-refractivity contribution < 1.29 is 44.3 Å². The van der Waals surface area contributed by atoms with Crippen LogP contribution in [0.1, 0.15) is 20.8 Å². The first-order valence-electron chi connectivity index (χ1n) is 11.7. The highest BCUT2D eigenvalue weighted by molar-refractivity contribution is 5.97. The molecule has 3 heterocycles. The number of fused-ring (bicyclic) bond motifs is 1. The van der Waals surface area contributed by atoms with Crippen LogP contribution < -0.4 is 25.3 Å². The molecule has 15 nitrogen and oxygen atoms in total. The number of ether oxygens (including phenoxy) is 3. The van der Waals surface area contributed by atoms with Gasteiger partial charge in [-0.05, 0) is 32.9 Å². The molecule has 4 rings (SSSR count). The largest absolute Gasteiger partial charge is 0.453 e. The molecule has 1 fully saturated rings. The first-order valence-corrected chi connectivity index (χ1v) is 11.7. The Morgan fingerprint density at radius 1 is 1.08 bits per heavy atom. The molecule has 0 aliphatic carbocycles. The number of hydrogen-bond donors (Lipinski definition) is 6. The molecule has 0 saturated carbocycles. The van der Waals surface area contributed by atoms with Gasteiger partial charge in [0.1, 0.15) is 30.1 Å². The van der Waals surface area contributed by atoms with Gasteiger partial charge in [0.25, 0.3) is 6.29 Å². The Kier molecular flexibility index (Phi) is 8.21. The Hall–Kier alpha value is -3.34. The molecule has 6 atom stereocenters. The molecule has 1 saturated heterocycles. The molecule has 37 heavy (non-hydrogen) atoms. The number of carbonyl (C=O) groups excluding carboxylic acids is 1. The summed E-state index contributed by atoms with van der Waals surface area (Å²) in [6.45, 7) is 5.53. The van der Waals surface area contributed by atoms with E-state index in [0.717, 1.165) is 5.06 Å². The molecule has 1 aromatic heterocycles. The van der Waals surface area contributed by atoms with E-state index in [9.17, 15) is 25.2 Å². The van der Waals surface area contributed by atoms with E-state index in [1.165, 1.54) is 0 Å². The Morgan fingerprint density at radius 3 is 2.51 bits per heavy atom. The lowest BCUT2D eigenvalue weighted by Crippen LogP contribution is -2.61. The van der Waals surface area contributed by atoms with Crippen LogP contribution in [0.25, 0.3) is 0 Å². The standard InChI is InChI=1S/C22H30N6O9/c1-4-23-20-25-21(24-10(2)3)27-22(26-20)37-28-11-7-5-6-8-12(11)34-19(17(28)33)36-18-16(32)15(31)14(30)13(9-29)35-18/h5-8,10,13-16,18-19,29-32H,4,9H2,1-3H3,(H2,23,24,25,26,27)/t13-,14-,15+,16-,18+,19?/m1/s1. The molecule has 15 heteroatoms. The summed E-state index contributed by atoms with van der Waals surface area (Å²) < 4.78 is 16.6. The van der Waals surface area contributed by atoms with Crippen molar-refractivity contribution in [3.05, 3.63) is 24.3 Å². The SMILES string of the molecule is CCNc1nc(NC(C)C)nc(ON2C(=O)C(O[C@@H]3O[C@H](CO)[C@@H](O)[C@H](O)[C@H]3O)Oc3ccccc32)n1. The van der Waals surface area contributed by atoms with Crippen molar-refractivity contribution in [3.8, 4) is 11.8 Å². The number of hydroxylamine groups is 1. The minimum Gasteiger partial charge on any atom is -0.453 e. The molecular weight excluding hydrogens is 492 g/mol. The van der Waals surface area contributed by atoms with Crippen molar-refractivity contribution >= 4 is 23.5 Å². The number of aliphatic hydroxyl groups is 4. The van der Waals surface area contributed by atoms with E-state index < -0.39 is 49.5 Å². The van der Waals surface area contributed by atoms with Crippen LogP contribution in [0.2, 0.25) is 0 Å². The highest BCUT2D eigenvalue weighted by Crippen LogP contribution is 2.35.